The third kappa shape index (κ3) is 4.84. The minimum Gasteiger partial charge on any atom is -0.294 e. The number of thiophene rings is 2. The predicted molar refractivity (Wildman–Crippen MR) is 108 cm³/mol. The maximum Gasteiger partial charge on any atom is 0.279 e. The van der Waals surface area contributed by atoms with Gasteiger partial charge in [-0.2, -0.15) is 0 Å². The van der Waals surface area contributed by atoms with E-state index in [0.717, 1.165) is 29.0 Å². The molecule has 0 aliphatic heterocycles. The van der Waals surface area contributed by atoms with E-state index in [4.69, 9.17) is 0 Å². The van der Waals surface area contributed by atoms with E-state index in [0.29, 0.717) is 16.4 Å². The summed E-state index contributed by atoms with van der Waals surface area (Å²) in [6.45, 7) is 6.09. The van der Waals surface area contributed by atoms with Crippen LogP contribution in [0.3, 0.4) is 0 Å². The lowest BCUT2D eigenvalue weighted by atomic mass is 9.90. The lowest BCUT2D eigenvalue weighted by Crippen LogP contribution is -2.41. The maximum atomic E-state index is 12.3. The number of hydrogen-bond donors (Lipinski definition) is 2. The Bertz CT molecular complexity index is 882. The van der Waals surface area contributed by atoms with Crippen molar-refractivity contribution in [2.24, 2.45) is 5.92 Å². The molecule has 3 rings (SSSR count). The first-order valence-corrected chi connectivity index (χ1v) is 10.8. The van der Waals surface area contributed by atoms with Gasteiger partial charge in [0.25, 0.3) is 5.91 Å². The number of carbonyl (C=O) groups excluding carboxylic acids is 3. The summed E-state index contributed by atoms with van der Waals surface area (Å²) in [4.78, 5) is 40.4. The summed E-state index contributed by atoms with van der Waals surface area (Å²) >= 11 is 3.08. The van der Waals surface area contributed by atoms with Gasteiger partial charge in [-0.05, 0) is 56.7 Å². The second-order valence-electron chi connectivity index (χ2n) is 7.16. The van der Waals surface area contributed by atoms with Crippen LogP contribution in [0, 0.1) is 19.8 Å². The minimum atomic E-state index is -0.365. The number of aryl methyl sites for hydroxylation is 3. The minimum absolute atomic E-state index is 0.0432. The van der Waals surface area contributed by atoms with Crippen molar-refractivity contribution in [1.29, 1.82) is 0 Å². The molecule has 2 amide bonds. The molecule has 1 aliphatic carbocycles. The zero-order valence-electron chi connectivity index (χ0n) is 15.8. The molecule has 0 aromatic carbocycles. The van der Waals surface area contributed by atoms with Gasteiger partial charge in [0.1, 0.15) is 0 Å². The molecule has 7 heteroatoms. The highest BCUT2D eigenvalue weighted by Gasteiger charge is 2.21. The van der Waals surface area contributed by atoms with Crippen LogP contribution in [-0.2, 0) is 17.6 Å². The molecular formula is C20H24N2O3S2. The summed E-state index contributed by atoms with van der Waals surface area (Å²) in [6, 6.07) is 3.80. The number of Topliss-reactive ketones (excluding diaryl/α,β-unsaturated/α-hetero) is 1. The third-order valence-electron chi connectivity index (χ3n) is 4.79. The molecule has 0 radical (unpaired) electrons. The van der Waals surface area contributed by atoms with Crippen LogP contribution in [-0.4, -0.2) is 17.6 Å². The first kappa shape index (κ1) is 19.8. The second kappa shape index (κ2) is 8.35. The van der Waals surface area contributed by atoms with E-state index < -0.39 is 0 Å². The molecule has 144 valence electrons. The van der Waals surface area contributed by atoms with Gasteiger partial charge < -0.3 is 0 Å². The highest BCUT2D eigenvalue weighted by atomic mass is 32.1. The fourth-order valence-corrected chi connectivity index (χ4v) is 5.38. The van der Waals surface area contributed by atoms with Crippen molar-refractivity contribution in [2.45, 2.75) is 52.9 Å². The largest absolute Gasteiger partial charge is 0.294 e. The van der Waals surface area contributed by atoms with E-state index in [2.05, 4.69) is 17.8 Å². The van der Waals surface area contributed by atoms with E-state index in [9.17, 15) is 14.4 Å². The lowest BCUT2D eigenvalue weighted by molar-refractivity contribution is -0.121. The normalized spacial score (nSPS) is 15.9. The molecule has 0 fully saturated rings. The van der Waals surface area contributed by atoms with E-state index in [1.165, 1.54) is 21.8 Å². The quantitative estimate of drug-likeness (QED) is 0.585. The highest BCUT2D eigenvalue weighted by molar-refractivity contribution is 7.14. The van der Waals surface area contributed by atoms with Crippen LogP contribution in [0.5, 0.6) is 0 Å². The molecule has 0 saturated heterocycles. The summed E-state index contributed by atoms with van der Waals surface area (Å²) in [5, 5.41) is 0. The van der Waals surface area contributed by atoms with Gasteiger partial charge in [-0.25, -0.2) is 0 Å². The Labute approximate surface area is 167 Å². The van der Waals surface area contributed by atoms with Crippen molar-refractivity contribution in [3.05, 3.63) is 42.8 Å². The molecule has 27 heavy (non-hydrogen) atoms. The molecule has 0 saturated carbocycles. The standard InChI is InChI=1S/C20H24N2O3S2/c1-11-4-6-17-14(8-11)10-18(27-17)20(25)22-21-19(24)7-5-16(23)15-9-12(2)26-13(15)3/h9-11H,4-8H2,1-3H3,(H,21,24)(H,22,25)/t11-/m1/s1. The molecule has 1 atom stereocenters. The average Bonchev–Trinajstić information content (AvgIpc) is 3.19. The smallest absolute Gasteiger partial charge is 0.279 e. The Morgan fingerprint density at radius 3 is 2.59 bits per heavy atom. The van der Waals surface area contributed by atoms with Crippen LogP contribution in [0.25, 0.3) is 0 Å². The molecule has 0 spiro atoms. The van der Waals surface area contributed by atoms with Crippen molar-refractivity contribution in [1.82, 2.24) is 10.9 Å². The van der Waals surface area contributed by atoms with Crippen molar-refractivity contribution >= 4 is 40.3 Å². The van der Waals surface area contributed by atoms with E-state index in [-0.39, 0.29) is 30.4 Å². The number of hydrazine groups is 1. The molecule has 1 aliphatic rings. The molecule has 2 heterocycles. The van der Waals surface area contributed by atoms with E-state index in [1.54, 1.807) is 11.3 Å². The van der Waals surface area contributed by atoms with Gasteiger partial charge in [0, 0.05) is 33.0 Å². The first-order chi connectivity index (χ1) is 12.8. The Balaban J connectivity index is 1.47. The topological polar surface area (TPSA) is 75.3 Å². The summed E-state index contributed by atoms with van der Waals surface area (Å²) in [5.41, 5.74) is 6.82. The van der Waals surface area contributed by atoms with Gasteiger partial charge in [-0.1, -0.05) is 6.92 Å². The summed E-state index contributed by atoms with van der Waals surface area (Å²) < 4.78 is 0. The fourth-order valence-electron chi connectivity index (χ4n) is 3.34. The van der Waals surface area contributed by atoms with Crippen molar-refractivity contribution in [3.63, 3.8) is 0 Å². The van der Waals surface area contributed by atoms with Gasteiger partial charge in [-0.3, -0.25) is 25.2 Å². The molecule has 2 aromatic heterocycles. The number of rotatable bonds is 5. The third-order valence-corrected chi connectivity index (χ3v) is 6.99. The molecule has 5 nitrogen and oxygen atoms in total. The summed E-state index contributed by atoms with van der Waals surface area (Å²) in [6.07, 6.45) is 3.36. The number of hydrogen-bond acceptors (Lipinski definition) is 5. The number of nitrogens with one attached hydrogen (secondary N) is 2. The number of amides is 2. The average molecular weight is 405 g/mol. The van der Waals surface area contributed by atoms with Gasteiger partial charge >= 0.3 is 0 Å². The van der Waals surface area contributed by atoms with Gasteiger partial charge in [0.15, 0.2) is 5.78 Å². The Kier molecular flexibility index (Phi) is 6.11. The molecule has 2 aromatic rings. The van der Waals surface area contributed by atoms with Crippen molar-refractivity contribution in [3.8, 4) is 0 Å². The molecule has 0 unspecified atom stereocenters. The SMILES string of the molecule is Cc1cc(C(=O)CCC(=O)NNC(=O)c2cc3c(s2)CC[C@@H](C)C3)c(C)s1. The zero-order valence-corrected chi connectivity index (χ0v) is 17.4. The number of carbonyl (C=O) groups is 3. The van der Waals surface area contributed by atoms with Crippen LogP contribution >= 0.6 is 22.7 Å². The zero-order chi connectivity index (χ0) is 19.6. The van der Waals surface area contributed by atoms with E-state index >= 15 is 0 Å². The van der Waals surface area contributed by atoms with Crippen LogP contribution in [0.2, 0.25) is 0 Å². The number of ketones is 1. The van der Waals surface area contributed by atoms with Crippen LogP contribution < -0.4 is 10.9 Å². The van der Waals surface area contributed by atoms with Crippen LogP contribution in [0.1, 0.15) is 66.4 Å². The van der Waals surface area contributed by atoms with Crippen molar-refractivity contribution in [2.75, 3.05) is 0 Å². The predicted octanol–water partition coefficient (Wildman–Crippen LogP) is 3.98. The number of fused-ring (bicyclic) bond motifs is 1. The van der Waals surface area contributed by atoms with Gasteiger partial charge in [0.05, 0.1) is 4.88 Å². The molecular weight excluding hydrogens is 380 g/mol. The van der Waals surface area contributed by atoms with Gasteiger partial charge in [0.2, 0.25) is 5.91 Å². The monoisotopic (exact) mass is 404 g/mol. The van der Waals surface area contributed by atoms with Crippen molar-refractivity contribution < 1.29 is 14.4 Å². The van der Waals surface area contributed by atoms with E-state index in [1.807, 2.05) is 26.0 Å². The highest BCUT2D eigenvalue weighted by Crippen LogP contribution is 2.32. The maximum absolute atomic E-state index is 12.3. The molecule has 2 N–H and O–H groups in total. The summed E-state index contributed by atoms with van der Waals surface area (Å²) in [7, 11) is 0. The Morgan fingerprint density at radius 1 is 1.11 bits per heavy atom. The fraction of sp³-hybridized carbons (Fsp3) is 0.450. The van der Waals surface area contributed by atoms with Crippen LogP contribution in [0.4, 0.5) is 0 Å². The van der Waals surface area contributed by atoms with Crippen LogP contribution in [0.15, 0.2) is 12.1 Å². The molecule has 0 bridgehead atoms. The second-order valence-corrected chi connectivity index (χ2v) is 9.76. The lowest BCUT2D eigenvalue weighted by Gasteiger charge is -2.16. The van der Waals surface area contributed by atoms with Gasteiger partial charge in [-0.15, -0.1) is 22.7 Å². The summed E-state index contributed by atoms with van der Waals surface area (Å²) in [5.74, 6) is -0.0587. The Hall–Kier alpha value is -1.99. The Morgan fingerprint density at radius 2 is 1.89 bits per heavy atom. The first-order valence-electron chi connectivity index (χ1n) is 9.14.